The zero-order chi connectivity index (χ0) is 25.2. The zero-order valence-electron chi connectivity index (χ0n) is 19.9. The van der Waals surface area contributed by atoms with Crippen LogP contribution in [0.5, 0.6) is 17.2 Å². The monoisotopic (exact) mass is 486 g/mol. The Kier molecular flexibility index (Phi) is 5.80. The van der Waals surface area contributed by atoms with E-state index in [0.717, 1.165) is 51.1 Å². The molecular formula is C31H22N2O4. The summed E-state index contributed by atoms with van der Waals surface area (Å²) in [6.45, 7) is 1.36. The van der Waals surface area contributed by atoms with Gasteiger partial charge in [-0.2, -0.15) is 5.26 Å². The van der Waals surface area contributed by atoms with Gasteiger partial charge in [0.1, 0.15) is 25.6 Å². The second kappa shape index (κ2) is 9.56. The lowest BCUT2D eigenvalue weighted by molar-refractivity contribution is 0.111. The molecule has 0 atom stereocenters. The Balaban J connectivity index is 1.35. The molecule has 180 valence electrons. The molecule has 1 aliphatic rings. The van der Waals surface area contributed by atoms with Crippen molar-refractivity contribution in [3.8, 4) is 40.1 Å². The number of nitriles is 1. The number of rotatable bonds is 6. The average molecular weight is 487 g/mol. The van der Waals surface area contributed by atoms with Crippen molar-refractivity contribution in [2.75, 3.05) is 13.2 Å². The number of fused-ring (bicyclic) bond motifs is 2. The number of hydrogen-bond donors (Lipinski definition) is 0. The molecule has 37 heavy (non-hydrogen) atoms. The highest BCUT2D eigenvalue weighted by Crippen LogP contribution is 2.38. The van der Waals surface area contributed by atoms with Crippen molar-refractivity contribution in [1.29, 1.82) is 5.26 Å². The first kappa shape index (κ1) is 22.4. The number of aromatic nitrogens is 1. The molecule has 0 bridgehead atoms. The fraction of sp³-hybridized carbons (Fsp3) is 0.0968. The Morgan fingerprint density at radius 1 is 0.919 bits per heavy atom. The molecule has 0 radical (unpaired) electrons. The minimum Gasteiger partial charge on any atom is -0.488 e. The minimum atomic E-state index is 0.250. The third kappa shape index (κ3) is 4.28. The number of carbonyl (C=O) groups is 1. The van der Waals surface area contributed by atoms with E-state index in [1.54, 1.807) is 18.2 Å². The first-order valence-electron chi connectivity index (χ1n) is 11.9. The van der Waals surface area contributed by atoms with E-state index in [4.69, 9.17) is 19.5 Å². The number of nitrogens with zero attached hydrogens (tertiary/aromatic N) is 2. The quantitative estimate of drug-likeness (QED) is 0.262. The van der Waals surface area contributed by atoms with Gasteiger partial charge in [-0.1, -0.05) is 30.3 Å². The van der Waals surface area contributed by atoms with Gasteiger partial charge in [0.25, 0.3) is 0 Å². The van der Waals surface area contributed by atoms with Crippen molar-refractivity contribution in [2.24, 2.45) is 0 Å². The van der Waals surface area contributed by atoms with Crippen molar-refractivity contribution in [1.82, 2.24) is 4.57 Å². The molecule has 0 unspecified atom stereocenters. The lowest BCUT2D eigenvalue weighted by atomic mass is 10.0. The average Bonchev–Trinajstić information content (AvgIpc) is 3.40. The highest BCUT2D eigenvalue weighted by Gasteiger charge is 2.15. The van der Waals surface area contributed by atoms with Crippen LogP contribution in [0.25, 0.3) is 27.7 Å². The van der Waals surface area contributed by atoms with Crippen molar-refractivity contribution < 1.29 is 19.0 Å². The summed E-state index contributed by atoms with van der Waals surface area (Å²) in [5, 5.41) is 10.2. The van der Waals surface area contributed by atoms with Gasteiger partial charge in [-0.3, -0.25) is 4.79 Å². The molecule has 0 spiro atoms. The molecule has 0 fully saturated rings. The molecule has 2 heterocycles. The summed E-state index contributed by atoms with van der Waals surface area (Å²) >= 11 is 0. The second-order valence-electron chi connectivity index (χ2n) is 8.72. The van der Waals surface area contributed by atoms with Gasteiger partial charge in [-0.25, -0.2) is 0 Å². The van der Waals surface area contributed by atoms with Gasteiger partial charge in [0.15, 0.2) is 17.8 Å². The zero-order valence-corrected chi connectivity index (χ0v) is 19.9. The second-order valence-corrected chi connectivity index (χ2v) is 8.72. The Morgan fingerprint density at radius 2 is 1.78 bits per heavy atom. The van der Waals surface area contributed by atoms with Crippen molar-refractivity contribution >= 4 is 17.2 Å². The Bertz CT molecular complexity index is 1680. The van der Waals surface area contributed by atoms with Crippen LogP contribution in [-0.2, 0) is 6.61 Å². The molecule has 0 N–H and O–H groups in total. The van der Waals surface area contributed by atoms with Crippen LogP contribution in [0.2, 0.25) is 0 Å². The van der Waals surface area contributed by atoms with Gasteiger partial charge in [-0.05, 0) is 65.2 Å². The van der Waals surface area contributed by atoms with E-state index < -0.39 is 0 Å². The van der Waals surface area contributed by atoms with Crippen LogP contribution in [0.3, 0.4) is 0 Å². The molecule has 0 saturated carbocycles. The van der Waals surface area contributed by atoms with E-state index in [1.807, 2.05) is 54.7 Å². The van der Waals surface area contributed by atoms with Crippen LogP contribution in [0, 0.1) is 11.3 Å². The standard InChI is InChI=1S/C31H22N2O4/c32-18-21-3-1-4-22(15-21)20-37-30-17-25(9-7-24(30)19-34)33-12-11-27-26(5-2-6-28(27)33)23-8-10-29-31(16-23)36-14-13-35-29/h1-12,15-17,19H,13-14,20H2. The molecule has 5 aromatic rings. The Hall–Kier alpha value is -5.02. The van der Waals surface area contributed by atoms with Gasteiger partial charge >= 0.3 is 0 Å². The number of hydrogen-bond acceptors (Lipinski definition) is 5. The number of benzene rings is 4. The molecule has 1 aromatic heterocycles. The number of carbonyl (C=O) groups excluding carboxylic acids is 1. The van der Waals surface area contributed by atoms with Gasteiger partial charge in [0.05, 0.1) is 22.7 Å². The normalized spacial score (nSPS) is 12.2. The Morgan fingerprint density at radius 3 is 2.65 bits per heavy atom. The van der Waals surface area contributed by atoms with E-state index in [-0.39, 0.29) is 6.61 Å². The summed E-state index contributed by atoms with van der Waals surface area (Å²) in [4.78, 5) is 11.7. The molecule has 6 rings (SSSR count). The first-order chi connectivity index (χ1) is 18.2. The van der Waals surface area contributed by atoms with Crippen LogP contribution < -0.4 is 14.2 Å². The van der Waals surface area contributed by atoms with E-state index in [1.165, 1.54) is 0 Å². The maximum absolute atomic E-state index is 11.7. The number of aldehydes is 1. The van der Waals surface area contributed by atoms with Gasteiger partial charge in [-0.15, -0.1) is 0 Å². The van der Waals surface area contributed by atoms with Crippen LogP contribution in [-0.4, -0.2) is 24.1 Å². The summed E-state index contributed by atoms with van der Waals surface area (Å²) in [5.74, 6) is 2.01. The third-order valence-electron chi connectivity index (χ3n) is 6.44. The SMILES string of the molecule is N#Cc1cccc(COc2cc(-n3ccc4c(-c5ccc6c(c5)OCCO6)cccc43)ccc2C=O)c1. The van der Waals surface area contributed by atoms with Crippen LogP contribution in [0.1, 0.15) is 21.5 Å². The van der Waals surface area contributed by atoms with Crippen LogP contribution in [0.15, 0.2) is 91.1 Å². The van der Waals surface area contributed by atoms with Crippen molar-refractivity contribution in [3.05, 3.63) is 108 Å². The molecule has 4 aromatic carbocycles. The van der Waals surface area contributed by atoms with Crippen LogP contribution in [0.4, 0.5) is 0 Å². The highest BCUT2D eigenvalue weighted by atomic mass is 16.6. The predicted octanol–water partition coefficient (Wildman–Crippen LogP) is 6.33. The summed E-state index contributed by atoms with van der Waals surface area (Å²) in [5.41, 5.74) is 5.93. The minimum absolute atomic E-state index is 0.250. The number of ether oxygens (including phenoxy) is 3. The largest absolute Gasteiger partial charge is 0.488 e. The van der Waals surface area contributed by atoms with Crippen molar-refractivity contribution in [2.45, 2.75) is 6.61 Å². The molecule has 0 amide bonds. The Labute approximate surface area is 213 Å². The van der Waals surface area contributed by atoms with Gasteiger partial charge in [0.2, 0.25) is 0 Å². The maximum Gasteiger partial charge on any atom is 0.161 e. The fourth-order valence-corrected chi connectivity index (χ4v) is 4.64. The molecular weight excluding hydrogens is 464 g/mol. The fourth-order valence-electron chi connectivity index (χ4n) is 4.64. The third-order valence-corrected chi connectivity index (χ3v) is 6.44. The highest BCUT2D eigenvalue weighted by molar-refractivity contribution is 5.96. The summed E-state index contributed by atoms with van der Waals surface area (Å²) in [6.07, 6.45) is 2.81. The molecule has 0 aliphatic carbocycles. The van der Waals surface area contributed by atoms with E-state index in [0.29, 0.717) is 30.1 Å². The smallest absolute Gasteiger partial charge is 0.161 e. The predicted molar refractivity (Wildman–Crippen MR) is 141 cm³/mol. The van der Waals surface area contributed by atoms with Gasteiger partial charge < -0.3 is 18.8 Å². The van der Waals surface area contributed by atoms with E-state index in [2.05, 4.69) is 28.8 Å². The van der Waals surface area contributed by atoms with Crippen LogP contribution >= 0.6 is 0 Å². The maximum atomic E-state index is 11.7. The molecule has 0 saturated heterocycles. The molecule has 6 nitrogen and oxygen atoms in total. The van der Waals surface area contributed by atoms with Gasteiger partial charge in [0, 0.05) is 23.3 Å². The van der Waals surface area contributed by atoms with Crippen molar-refractivity contribution in [3.63, 3.8) is 0 Å². The first-order valence-corrected chi connectivity index (χ1v) is 11.9. The topological polar surface area (TPSA) is 73.5 Å². The summed E-state index contributed by atoms with van der Waals surface area (Å²) < 4.78 is 19.6. The van der Waals surface area contributed by atoms with E-state index in [9.17, 15) is 4.79 Å². The molecule has 1 aliphatic heterocycles. The summed E-state index contributed by atoms with van der Waals surface area (Å²) in [6, 6.07) is 29.2. The lowest BCUT2D eigenvalue weighted by Gasteiger charge is -2.19. The molecule has 6 heteroatoms. The lowest BCUT2D eigenvalue weighted by Crippen LogP contribution is -2.15. The summed E-state index contributed by atoms with van der Waals surface area (Å²) in [7, 11) is 0. The van der Waals surface area contributed by atoms with E-state index >= 15 is 0 Å².